The van der Waals surface area contributed by atoms with E-state index in [0.29, 0.717) is 23.7 Å². The van der Waals surface area contributed by atoms with Crippen LogP contribution in [0.3, 0.4) is 0 Å². The Kier molecular flexibility index (Phi) is 6.87. The molecule has 0 spiro atoms. The Bertz CT molecular complexity index is 1290. The van der Waals surface area contributed by atoms with Crippen LogP contribution in [0.15, 0.2) is 17.5 Å². The highest BCUT2D eigenvalue weighted by Crippen LogP contribution is 2.50. The van der Waals surface area contributed by atoms with Crippen molar-refractivity contribution in [2.24, 2.45) is 0 Å². The van der Waals surface area contributed by atoms with Crippen molar-refractivity contribution in [3.05, 3.63) is 49.1 Å². The molecule has 1 aliphatic carbocycles. The number of carbonyl (C=O) groups excluding carboxylic acids is 2. The first-order valence-electron chi connectivity index (χ1n) is 12.1. The number of tetrazole rings is 1. The lowest BCUT2D eigenvalue weighted by molar-refractivity contribution is -0.130. The van der Waals surface area contributed by atoms with Crippen molar-refractivity contribution in [1.82, 2.24) is 36.2 Å². The molecule has 3 atom stereocenters. The molecule has 2 aliphatic rings. The van der Waals surface area contributed by atoms with Gasteiger partial charge in [0.05, 0.1) is 22.9 Å². The van der Waals surface area contributed by atoms with Gasteiger partial charge in [-0.15, -0.1) is 32.9 Å². The molecular formula is C24H28N8O2S2. The molecule has 36 heavy (non-hydrogen) atoms. The van der Waals surface area contributed by atoms with E-state index in [1.165, 1.54) is 16.2 Å². The maximum absolute atomic E-state index is 12.9. The summed E-state index contributed by atoms with van der Waals surface area (Å²) in [7, 11) is 1.64. The number of hydrogen-bond donors (Lipinski definition) is 3. The number of aromatic amines is 1. The predicted molar refractivity (Wildman–Crippen MR) is 136 cm³/mol. The van der Waals surface area contributed by atoms with Gasteiger partial charge in [0.1, 0.15) is 6.04 Å². The smallest absolute Gasteiger partial charge is 0.261 e. The Morgan fingerprint density at radius 1 is 1.42 bits per heavy atom. The predicted octanol–water partition coefficient (Wildman–Crippen LogP) is 2.00. The molecule has 3 aromatic rings. The Hall–Kier alpha value is -3.14. The van der Waals surface area contributed by atoms with E-state index >= 15 is 0 Å². The van der Waals surface area contributed by atoms with Crippen molar-refractivity contribution in [1.29, 1.82) is 5.26 Å². The zero-order chi connectivity index (χ0) is 25.3. The Balaban J connectivity index is 1.50. The number of H-pyrrole nitrogens is 1. The average Bonchev–Trinajstić information content (AvgIpc) is 3.69. The molecule has 188 valence electrons. The molecule has 5 rings (SSSR count). The molecule has 10 nitrogen and oxygen atoms in total. The number of nitrogens with one attached hydrogen (secondary N) is 3. The third-order valence-corrected chi connectivity index (χ3v) is 9.46. The van der Waals surface area contributed by atoms with Gasteiger partial charge < -0.3 is 15.5 Å². The third-order valence-electron chi connectivity index (χ3n) is 7.14. The summed E-state index contributed by atoms with van der Waals surface area (Å²) in [4.78, 5) is 30.1. The molecule has 0 bridgehead atoms. The van der Waals surface area contributed by atoms with Gasteiger partial charge in [0, 0.05) is 29.4 Å². The number of aromatic nitrogens is 4. The highest BCUT2D eigenvalue weighted by molar-refractivity contribution is 7.14. The average molecular weight is 525 g/mol. The first kappa shape index (κ1) is 24.5. The second kappa shape index (κ2) is 10.1. The van der Waals surface area contributed by atoms with Crippen molar-refractivity contribution in [3.8, 4) is 6.07 Å². The molecule has 0 saturated carbocycles. The van der Waals surface area contributed by atoms with Gasteiger partial charge in [-0.1, -0.05) is 5.21 Å². The molecule has 1 aliphatic heterocycles. The van der Waals surface area contributed by atoms with Gasteiger partial charge in [-0.3, -0.25) is 9.59 Å². The van der Waals surface area contributed by atoms with Gasteiger partial charge in [-0.05, 0) is 67.7 Å². The number of nitriles is 1. The summed E-state index contributed by atoms with van der Waals surface area (Å²) in [5.74, 6) is 0.380. The van der Waals surface area contributed by atoms with Crippen LogP contribution in [0.25, 0.3) is 0 Å². The van der Waals surface area contributed by atoms with E-state index < -0.39 is 5.41 Å². The maximum atomic E-state index is 12.9. The summed E-state index contributed by atoms with van der Waals surface area (Å²) in [6.45, 7) is 2.82. The molecule has 3 N–H and O–H groups in total. The highest BCUT2D eigenvalue weighted by atomic mass is 32.1. The van der Waals surface area contributed by atoms with E-state index in [2.05, 4.69) is 48.8 Å². The van der Waals surface area contributed by atoms with Crippen LogP contribution in [-0.4, -0.2) is 69.6 Å². The SMILES string of the molecule is CNC(=O)c1cc2c(s1)C(C[C@H](C)NCC(=O)N1CCC[C@H]1C#N)(c1nn[nH]n1)c1ccsc1CC2. The fourth-order valence-electron chi connectivity index (χ4n) is 5.45. The van der Waals surface area contributed by atoms with Gasteiger partial charge in [-0.25, -0.2) is 0 Å². The van der Waals surface area contributed by atoms with Crippen molar-refractivity contribution >= 4 is 34.5 Å². The number of nitrogens with zero attached hydrogens (tertiary/aromatic N) is 5. The first-order chi connectivity index (χ1) is 17.5. The van der Waals surface area contributed by atoms with Crippen LogP contribution in [0.4, 0.5) is 0 Å². The molecule has 3 aromatic heterocycles. The van der Waals surface area contributed by atoms with E-state index in [9.17, 15) is 14.9 Å². The summed E-state index contributed by atoms with van der Waals surface area (Å²) in [6, 6.07) is 5.91. The summed E-state index contributed by atoms with van der Waals surface area (Å²) < 4.78 is 0. The van der Waals surface area contributed by atoms with Gasteiger partial charge in [0.25, 0.3) is 5.91 Å². The van der Waals surface area contributed by atoms with E-state index in [0.717, 1.165) is 41.7 Å². The van der Waals surface area contributed by atoms with Crippen LogP contribution in [0.5, 0.6) is 0 Å². The lowest BCUT2D eigenvalue weighted by atomic mass is 9.73. The van der Waals surface area contributed by atoms with Crippen LogP contribution >= 0.6 is 22.7 Å². The van der Waals surface area contributed by atoms with Gasteiger partial charge >= 0.3 is 0 Å². The van der Waals surface area contributed by atoms with Crippen LogP contribution in [-0.2, 0) is 23.1 Å². The van der Waals surface area contributed by atoms with E-state index in [1.54, 1.807) is 23.3 Å². The molecule has 2 amide bonds. The summed E-state index contributed by atoms with van der Waals surface area (Å²) in [5, 5.41) is 33.0. The summed E-state index contributed by atoms with van der Waals surface area (Å²) in [6.07, 6.45) is 3.85. The minimum absolute atomic E-state index is 0.0599. The third kappa shape index (κ3) is 4.21. The number of thiophene rings is 2. The Morgan fingerprint density at radius 3 is 3.03 bits per heavy atom. The minimum atomic E-state index is -0.719. The van der Waals surface area contributed by atoms with Crippen molar-refractivity contribution < 1.29 is 9.59 Å². The van der Waals surface area contributed by atoms with Crippen LogP contribution in [0.2, 0.25) is 0 Å². The molecule has 1 saturated heterocycles. The number of likely N-dealkylation sites (tertiary alicyclic amines) is 1. The van der Waals surface area contributed by atoms with E-state index in [1.807, 2.05) is 13.0 Å². The number of aryl methyl sites for hydroxylation is 2. The molecule has 12 heteroatoms. The molecule has 1 unspecified atom stereocenters. The number of amides is 2. The minimum Gasteiger partial charge on any atom is -0.354 e. The zero-order valence-corrected chi connectivity index (χ0v) is 21.8. The van der Waals surface area contributed by atoms with Gasteiger partial charge in [-0.2, -0.15) is 10.5 Å². The topological polar surface area (TPSA) is 140 Å². The number of rotatable bonds is 7. The Morgan fingerprint density at radius 2 is 2.28 bits per heavy atom. The second-order valence-electron chi connectivity index (χ2n) is 9.30. The van der Waals surface area contributed by atoms with Crippen LogP contribution in [0, 0.1) is 11.3 Å². The van der Waals surface area contributed by atoms with Gasteiger partial charge in [0.2, 0.25) is 5.91 Å². The number of hydrogen-bond acceptors (Lipinski definition) is 9. The lowest BCUT2D eigenvalue weighted by Gasteiger charge is -2.33. The Labute approximate surface area is 217 Å². The standard InChI is InChI=1S/C24H28N8O2S2/c1-14(27-13-20(33)32-8-3-4-16(32)12-25)11-24(23-28-30-31-29-23)17-7-9-35-18(17)6-5-15-10-19(22(34)26-2)36-21(15)24/h7,9-10,14,16,27H,3-6,8,11,13H2,1-2H3,(H,26,34)(H,28,29,30,31)/t14-,16-,24?/m0/s1. The molecule has 0 aromatic carbocycles. The zero-order valence-electron chi connectivity index (χ0n) is 20.2. The number of carbonyl (C=O) groups is 2. The van der Waals surface area contributed by atoms with Gasteiger partial charge in [0.15, 0.2) is 5.82 Å². The summed E-state index contributed by atoms with van der Waals surface area (Å²) in [5.41, 5.74) is 1.52. The normalized spacial score (nSPS) is 21.8. The van der Waals surface area contributed by atoms with Crippen molar-refractivity contribution in [2.45, 2.75) is 56.5 Å². The molecule has 0 radical (unpaired) electrons. The van der Waals surface area contributed by atoms with Crippen molar-refractivity contribution in [2.75, 3.05) is 20.1 Å². The van der Waals surface area contributed by atoms with Crippen LogP contribution in [0.1, 0.15) is 62.6 Å². The van der Waals surface area contributed by atoms with E-state index in [4.69, 9.17) is 0 Å². The van der Waals surface area contributed by atoms with Crippen LogP contribution < -0.4 is 10.6 Å². The quantitative estimate of drug-likeness (QED) is 0.429. The fourth-order valence-corrected chi connectivity index (χ4v) is 7.77. The monoisotopic (exact) mass is 524 g/mol. The largest absolute Gasteiger partial charge is 0.354 e. The molecular weight excluding hydrogens is 496 g/mol. The lowest BCUT2D eigenvalue weighted by Crippen LogP contribution is -2.45. The van der Waals surface area contributed by atoms with E-state index in [-0.39, 0.29) is 30.4 Å². The highest BCUT2D eigenvalue weighted by Gasteiger charge is 2.47. The summed E-state index contributed by atoms with van der Waals surface area (Å²) >= 11 is 3.20. The fraction of sp³-hybridized carbons (Fsp3) is 0.500. The number of fused-ring (bicyclic) bond motifs is 2. The second-order valence-corrected chi connectivity index (χ2v) is 11.4. The maximum Gasteiger partial charge on any atom is 0.261 e. The first-order valence-corrected chi connectivity index (χ1v) is 13.8. The molecule has 1 fully saturated rings. The van der Waals surface area contributed by atoms with Crippen molar-refractivity contribution in [3.63, 3.8) is 0 Å². The molecule has 4 heterocycles.